The molecule has 2 aliphatic carbocycles. The van der Waals surface area contributed by atoms with Crippen LogP contribution in [0.15, 0.2) is 48.6 Å². The van der Waals surface area contributed by atoms with E-state index in [2.05, 4.69) is 73.1 Å². The molecule has 0 saturated carbocycles. The van der Waals surface area contributed by atoms with Gasteiger partial charge in [0.15, 0.2) is 0 Å². The zero-order chi connectivity index (χ0) is 14.6. The van der Waals surface area contributed by atoms with Gasteiger partial charge in [-0.1, -0.05) is 0 Å². The molecule has 0 fully saturated rings. The summed E-state index contributed by atoms with van der Waals surface area (Å²) in [6.45, 7) is 4.37. The first-order valence-corrected chi connectivity index (χ1v) is 18.4. The number of hydrogen-bond acceptors (Lipinski definition) is 0. The average Bonchev–Trinajstić information content (AvgIpc) is 2.99. The van der Waals surface area contributed by atoms with Gasteiger partial charge in [-0.3, -0.25) is 0 Å². The van der Waals surface area contributed by atoms with Gasteiger partial charge in [0.2, 0.25) is 0 Å². The van der Waals surface area contributed by atoms with E-state index >= 15 is 0 Å². The molecule has 1 unspecified atom stereocenters. The van der Waals surface area contributed by atoms with Crippen molar-refractivity contribution >= 4 is 23.1 Å². The Morgan fingerprint density at radius 2 is 1.80 bits per heavy atom. The van der Waals surface area contributed by atoms with Crippen molar-refractivity contribution in [3.63, 3.8) is 0 Å². The van der Waals surface area contributed by atoms with Crippen LogP contribution < -0.4 is 0 Å². The molecule has 1 atom stereocenters. The van der Waals surface area contributed by atoms with E-state index in [1.165, 1.54) is 16.7 Å². The molecule has 0 bridgehead atoms. The van der Waals surface area contributed by atoms with Crippen molar-refractivity contribution in [1.82, 2.24) is 0 Å². The molecular formula is C17H19Cl2Zr. The molecule has 3 rings (SSSR count). The van der Waals surface area contributed by atoms with Crippen LogP contribution >= 0.6 is 17.0 Å². The van der Waals surface area contributed by atoms with Crippen molar-refractivity contribution in [2.75, 3.05) is 0 Å². The summed E-state index contributed by atoms with van der Waals surface area (Å²) in [6.07, 6.45) is 12.9. The van der Waals surface area contributed by atoms with Crippen molar-refractivity contribution in [2.24, 2.45) is 0 Å². The molecule has 0 aromatic heterocycles. The first kappa shape index (κ1) is 14.8. The van der Waals surface area contributed by atoms with E-state index in [9.17, 15) is 0 Å². The molecule has 0 nitrogen and oxygen atoms in total. The van der Waals surface area contributed by atoms with E-state index in [0.29, 0.717) is 0 Å². The Morgan fingerprint density at radius 3 is 2.45 bits per heavy atom. The van der Waals surface area contributed by atoms with Gasteiger partial charge in [-0.25, -0.2) is 0 Å². The van der Waals surface area contributed by atoms with Crippen LogP contribution in [-0.4, -0.2) is 0 Å². The number of benzene rings is 1. The Hall–Kier alpha value is -0.0969. The fraction of sp³-hybridized carbons (Fsp3) is 0.294. The fourth-order valence-electron chi connectivity index (χ4n) is 3.42. The summed E-state index contributed by atoms with van der Waals surface area (Å²) in [5.41, 5.74) is 3.88. The summed E-state index contributed by atoms with van der Waals surface area (Å²) >= 11 is -4.07. The monoisotopic (exact) mass is 383 g/mol. The fourth-order valence-corrected chi connectivity index (χ4v) is 14.7. The van der Waals surface area contributed by atoms with E-state index < -0.39 is 16.4 Å². The Balaban J connectivity index is 2.21. The molecule has 1 aromatic carbocycles. The molecule has 0 heterocycles. The Bertz CT molecular complexity index is 649. The molecule has 0 amide bonds. The van der Waals surface area contributed by atoms with Gasteiger partial charge >= 0.3 is 130 Å². The molecule has 0 aliphatic heterocycles. The van der Waals surface area contributed by atoms with E-state index in [4.69, 9.17) is 17.0 Å². The first-order valence-electron chi connectivity index (χ1n) is 6.99. The molecule has 0 radical (unpaired) electrons. The molecule has 1 aromatic rings. The van der Waals surface area contributed by atoms with Crippen LogP contribution in [0.4, 0.5) is 0 Å². The summed E-state index contributed by atoms with van der Waals surface area (Å²) in [5, 5.41) is 0. The van der Waals surface area contributed by atoms with Crippen LogP contribution in [0.25, 0.3) is 6.08 Å². The molecule has 20 heavy (non-hydrogen) atoms. The Kier molecular flexibility index (Phi) is 3.30. The van der Waals surface area contributed by atoms with E-state index in [1.54, 1.807) is 0 Å². The quantitative estimate of drug-likeness (QED) is 0.569. The van der Waals surface area contributed by atoms with Crippen molar-refractivity contribution in [1.29, 1.82) is 0 Å². The number of fused-ring (bicyclic) bond motifs is 1. The standard InChI is InChI=1S/C11H11.C5H5.CH3.2ClH.Zr/c1-8-4-3-5-10-9(2)6-7-11(8)10;1-2-4-5-3-1;;;;/h3-7H,1-2H3;1-5H;1H3;2*1H;/q;;;;;+2/p-2. The molecule has 0 N–H and O–H groups in total. The van der Waals surface area contributed by atoms with E-state index in [1.807, 2.05) is 0 Å². The van der Waals surface area contributed by atoms with Crippen LogP contribution in [-0.2, 0) is 19.5 Å². The second kappa shape index (κ2) is 4.45. The topological polar surface area (TPSA) is 0 Å². The average molecular weight is 385 g/mol. The third kappa shape index (κ3) is 1.83. The van der Waals surface area contributed by atoms with Crippen LogP contribution in [0.3, 0.4) is 0 Å². The van der Waals surface area contributed by atoms with Gasteiger partial charge in [-0.15, -0.1) is 0 Å². The molecule has 0 saturated heterocycles. The summed E-state index contributed by atoms with van der Waals surface area (Å²) < 4.78 is 2.12. The number of allylic oxidation sites excluding steroid dienone is 5. The maximum atomic E-state index is 7.25. The van der Waals surface area contributed by atoms with Crippen molar-refractivity contribution in [3.05, 3.63) is 65.3 Å². The number of aryl methyl sites for hydroxylation is 1. The number of rotatable bonds is 2. The molecule has 0 spiro atoms. The molecule has 2 aliphatic rings. The summed E-state index contributed by atoms with van der Waals surface area (Å²) in [6, 6.07) is 6.44. The molecule has 3 heteroatoms. The normalized spacial score (nSPS) is 26.8. The van der Waals surface area contributed by atoms with Crippen molar-refractivity contribution < 1.29 is 16.4 Å². The zero-order valence-corrected chi connectivity index (χ0v) is 16.0. The third-order valence-corrected chi connectivity index (χ3v) is 24.5. The third-order valence-electron chi connectivity index (χ3n) is 5.18. The van der Waals surface area contributed by atoms with E-state index in [0.717, 1.165) is 0 Å². The minimum absolute atomic E-state index is 0.195. The zero-order valence-electron chi connectivity index (χ0n) is 12.0. The second-order valence-electron chi connectivity index (χ2n) is 6.41. The van der Waals surface area contributed by atoms with Gasteiger partial charge in [0, 0.05) is 0 Å². The summed E-state index contributed by atoms with van der Waals surface area (Å²) in [7, 11) is 14.5. The van der Waals surface area contributed by atoms with Crippen LogP contribution in [0.2, 0.25) is 8.26 Å². The SMILES string of the molecule is Cc1cccc2c1C=C[C]2(C)[Zr]([CH3])([Cl])([Cl])[CH]1C=CC=C1. The summed E-state index contributed by atoms with van der Waals surface area (Å²) in [5.74, 6) is 0. The maximum absolute atomic E-state index is 7.25. The molecular weight excluding hydrogens is 366 g/mol. The Labute approximate surface area is 129 Å². The van der Waals surface area contributed by atoms with Crippen molar-refractivity contribution in [2.45, 2.75) is 25.2 Å². The van der Waals surface area contributed by atoms with Crippen molar-refractivity contribution in [3.8, 4) is 0 Å². The van der Waals surface area contributed by atoms with Gasteiger partial charge in [0.25, 0.3) is 0 Å². The van der Waals surface area contributed by atoms with Gasteiger partial charge in [0.05, 0.1) is 0 Å². The van der Waals surface area contributed by atoms with Crippen LogP contribution in [0.5, 0.6) is 0 Å². The van der Waals surface area contributed by atoms with E-state index in [-0.39, 0.29) is 6.75 Å². The first-order chi connectivity index (χ1) is 9.25. The van der Waals surface area contributed by atoms with Gasteiger partial charge < -0.3 is 0 Å². The Morgan fingerprint density at radius 1 is 1.15 bits per heavy atom. The van der Waals surface area contributed by atoms with Crippen LogP contribution in [0, 0.1) is 6.92 Å². The molecule has 105 valence electrons. The predicted molar refractivity (Wildman–Crippen MR) is 87.2 cm³/mol. The number of halogens is 2. The second-order valence-corrected chi connectivity index (χ2v) is 30.8. The number of hydrogen-bond donors (Lipinski definition) is 0. The summed E-state index contributed by atoms with van der Waals surface area (Å²) in [4.78, 5) is 0. The van der Waals surface area contributed by atoms with Gasteiger partial charge in [-0.05, 0) is 0 Å². The minimum atomic E-state index is -4.07. The van der Waals surface area contributed by atoms with Gasteiger partial charge in [-0.2, -0.15) is 0 Å². The van der Waals surface area contributed by atoms with Crippen LogP contribution in [0.1, 0.15) is 23.6 Å². The predicted octanol–water partition coefficient (Wildman–Crippen LogP) is 6.20. The van der Waals surface area contributed by atoms with Gasteiger partial charge in [0.1, 0.15) is 0 Å².